The molecule has 0 aromatic heterocycles. The Hall–Kier alpha value is -1.66. The average Bonchev–Trinajstić information content (AvgIpc) is 2.60. The van der Waals surface area contributed by atoms with Crippen molar-refractivity contribution >= 4 is 5.91 Å². The first kappa shape index (κ1) is 19.7. The average molecular weight is 352 g/mol. The summed E-state index contributed by atoms with van der Waals surface area (Å²) >= 11 is 0. The normalized spacial score (nSPS) is 18.0. The third kappa shape index (κ3) is 6.63. The number of halogens is 1. The van der Waals surface area contributed by atoms with Crippen molar-refractivity contribution in [3.05, 3.63) is 30.1 Å². The highest BCUT2D eigenvalue weighted by atomic mass is 19.1. The molecule has 0 aliphatic carbocycles. The number of hydrogen-bond acceptors (Lipinski definition) is 4. The Kier molecular flexibility index (Phi) is 7.65. The van der Waals surface area contributed by atoms with Gasteiger partial charge in [-0.3, -0.25) is 9.69 Å². The minimum absolute atomic E-state index is 0.161. The molecule has 1 aliphatic rings. The van der Waals surface area contributed by atoms with E-state index in [1.807, 2.05) is 0 Å². The van der Waals surface area contributed by atoms with Crippen LogP contribution in [0.1, 0.15) is 27.2 Å². The highest BCUT2D eigenvalue weighted by Crippen LogP contribution is 2.15. The fourth-order valence-electron chi connectivity index (χ4n) is 2.98. The van der Waals surface area contributed by atoms with E-state index in [2.05, 4.69) is 24.1 Å². The van der Waals surface area contributed by atoms with Crippen LogP contribution in [0.5, 0.6) is 5.75 Å². The van der Waals surface area contributed by atoms with Gasteiger partial charge in [0.15, 0.2) is 6.10 Å². The third-order valence-corrected chi connectivity index (χ3v) is 4.31. The summed E-state index contributed by atoms with van der Waals surface area (Å²) < 4.78 is 23.9. The molecule has 0 bridgehead atoms. The zero-order valence-corrected chi connectivity index (χ0v) is 15.3. The van der Waals surface area contributed by atoms with Crippen molar-refractivity contribution in [2.45, 2.75) is 39.3 Å². The maximum absolute atomic E-state index is 12.9. The van der Waals surface area contributed by atoms with Crippen molar-refractivity contribution < 1.29 is 18.7 Å². The molecule has 2 atom stereocenters. The summed E-state index contributed by atoms with van der Waals surface area (Å²) in [7, 11) is 0. The van der Waals surface area contributed by atoms with Gasteiger partial charge in [-0.1, -0.05) is 13.8 Å². The Morgan fingerprint density at radius 3 is 2.48 bits per heavy atom. The molecule has 0 spiro atoms. The number of carbonyl (C=O) groups is 1. The lowest BCUT2D eigenvalue weighted by Gasteiger charge is -2.35. The number of carbonyl (C=O) groups excluding carboxylic acids is 1. The number of ether oxygens (including phenoxy) is 2. The summed E-state index contributed by atoms with van der Waals surface area (Å²) in [5.41, 5.74) is 0. The molecule has 0 radical (unpaired) electrons. The van der Waals surface area contributed by atoms with Crippen LogP contribution in [-0.4, -0.2) is 55.8 Å². The minimum atomic E-state index is -0.630. The Morgan fingerprint density at radius 1 is 1.24 bits per heavy atom. The molecule has 6 heteroatoms. The van der Waals surface area contributed by atoms with Crippen LogP contribution in [-0.2, 0) is 9.53 Å². The van der Waals surface area contributed by atoms with E-state index in [4.69, 9.17) is 9.47 Å². The van der Waals surface area contributed by atoms with Gasteiger partial charge in [-0.05, 0) is 43.5 Å². The van der Waals surface area contributed by atoms with Crippen molar-refractivity contribution in [3.63, 3.8) is 0 Å². The number of hydrogen-bond donors (Lipinski definition) is 1. The number of amides is 1. The molecule has 1 aliphatic heterocycles. The topological polar surface area (TPSA) is 50.8 Å². The van der Waals surface area contributed by atoms with Gasteiger partial charge in [-0.2, -0.15) is 0 Å². The second kappa shape index (κ2) is 9.73. The molecular weight excluding hydrogens is 323 g/mol. The van der Waals surface area contributed by atoms with Gasteiger partial charge in [0.1, 0.15) is 11.6 Å². The number of nitrogens with one attached hydrogen (secondary N) is 1. The minimum Gasteiger partial charge on any atom is -0.481 e. The first-order valence-corrected chi connectivity index (χ1v) is 8.97. The van der Waals surface area contributed by atoms with E-state index < -0.39 is 6.10 Å². The van der Waals surface area contributed by atoms with E-state index in [1.54, 1.807) is 6.92 Å². The summed E-state index contributed by atoms with van der Waals surface area (Å²) in [4.78, 5) is 14.7. The summed E-state index contributed by atoms with van der Waals surface area (Å²) in [6, 6.07) is 5.97. The molecule has 1 amide bonds. The molecule has 1 heterocycles. The first-order valence-electron chi connectivity index (χ1n) is 8.97. The predicted octanol–water partition coefficient (Wildman–Crippen LogP) is 2.46. The van der Waals surface area contributed by atoms with Gasteiger partial charge >= 0.3 is 0 Å². The van der Waals surface area contributed by atoms with Crippen molar-refractivity contribution in [3.8, 4) is 5.75 Å². The summed E-state index contributed by atoms with van der Waals surface area (Å²) in [5, 5.41) is 3.00. The standard InChI is InChI=1S/C19H29FN2O3/c1-14(2)12-17(22-8-10-24-11-9-22)13-21-19(23)15(3)25-18-6-4-16(20)5-7-18/h4-7,14-15,17H,8-13H2,1-3H3,(H,21,23)/t15-,17-/m1/s1. The lowest BCUT2D eigenvalue weighted by molar-refractivity contribution is -0.127. The maximum Gasteiger partial charge on any atom is 0.260 e. The quantitative estimate of drug-likeness (QED) is 0.781. The van der Waals surface area contributed by atoms with Crippen LogP contribution in [0, 0.1) is 11.7 Å². The fraction of sp³-hybridized carbons (Fsp3) is 0.632. The third-order valence-electron chi connectivity index (χ3n) is 4.31. The van der Waals surface area contributed by atoms with Gasteiger partial charge in [-0.25, -0.2) is 4.39 Å². The summed E-state index contributed by atoms with van der Waals surface area (Å²) in [5.74, 6) is 0.548. The first-order chi connectivity index (χ1) is 12.0. The number of morpholine rings is 1. The van der Waals surface area contributed by atoms with E-state index >= 15 is 0 Å². The molecule has 0 saturated carbocycles. The van der Waals surface area contributed by atoms with Gasteiger partial charge < -0.3 is 14.8 Å². The van der Waals surface area contributed by atoms with Crippen LogP contribution in [0.4, 0.5) is 4.39 Å². The van der Waals surface area contributed by atoms with Gasteiger partial charge in [0.25, 0.3) is 5.91 Å². The van der Waals surface area contributed by atoms with E-state index in [-0.39, 0.29) is 11.7 Å². The van der Waals surface area contributed by atoms with E-state index in [0.29, 0.717) is 24.3 Å². The van der Waals surface area contributed by atoms with Crippen LogP contribution >= 0.6 is 0 Å². The van der Waals surface area contributed by atoms with Crippen molar-refractivity contribution in [2.75, 3.05) is 32.8 Å². The smallest absolute Gasteiger partial charge is 0.260 e. The Morgan fingerprint density at radius 2 is 1.88 bits per heavy atom. The molecule has 5 nitrogen and oxygen atoms in total. The molecule has 1 saturated heterocycles. The highest BCUT2D eigenvalue weighted by molar-refractivity contribution is 5.80. The Labute approximate surface area is 149 Å². The second-order valence-corrected chi connectivity index (χ2v) is 6.89. The van der Waals surface area contributed by atoms with Crippen LogP contribution in [0.3, 0.4) is 0 Å². The SMILES string of the molecule is CC(C)C[C@H](CNC(=O)[C@@H](C)Oc1ccc(F)cc1)N1CCOCC1. The van der Waals surface area contributed by atoms with Crippen molar-refractivity contribution in [1.82, 2.24) is 10.2 Å². The van der Waals surface area contributed by atoms with Crippen molar-refractivity contribution in [1.29, 1.82) is 0 Å². The number of benzene rings is 1. The molecule has 1 aromatic carbocycles. The second-order valence-electron chi connectivity index (χ2n) is 6.89. The zero-order chi connectivity index (χ0) is 18.2. The lowest BCUT2D eigenvalue weighted by Crippen LogP contribution is -2.50. The largest absolute Gasteiger partial charge is 0.481 e. The van der Waals surface area contributed by atoms with Gasteiger partial charge in [0.2, 0.25) is 0 Å². The molecule has 25 heavy (non-hydrogen) atoms. The van der Waals surface area contributed by atoms with E-state index in [0.717, 1.165) is 32.7 Å². The number of rotatable bonds is 8. The molecule has 140 valence electrons. The number of nitrogens with zero attached hydrogens (tertiary/aromatic N) is 1. The molecular formula is C19H29FN2O3. The van der Waals surface area contributed by atoms with Crippen LogP contribution in [0.25, 0.3) is 0 Å². The summed E-state index contributed by atoms with van der Waals surface area (Å²) in [6.07, 6.45) is 0.392. The predicted molar refractivity (Wildman–Crippen MR) is 95.1 cm³/mol. The molecule has 0 unspecified atom stereocenters. The molecule has 1 fully saturated rings. The zero-order valence-electron chi connectivity index (χ0n) is 15.3. The molecule has 1 aromatic rings. The van der Waals surface area contributed by atoms with Crippen LogP contribution in [0.15, 0.2) is 24.3 Å². The van der Waals surface area contributed by atoms with E-state index in [1.165, 1.54) is 24.3 Å². The van der Waals surface area contributed by atoms with Crippen LogP contribution in [0.2, 0.25) is 0 Å². The monoisotopic (exact) mass is 352 g/mol. The van der Waals surface area contributed by atoms with Crippen molar-refractivity contribution in [2.24, 2.45) is 5.92 Å². The Balaban J connectivity index is 1.84. The van der Waals surface area contributed by atoms with E-state index in [9.17, 15) is 9.18 Å². The Bertz CT molecular complexity index is 530. The highest BCUT2D eigenvalue weighted by Gasteiger charge is 2.23. The van der Waals surface area contributed by atoms with Gasteiger partial charge in [-0.15, -0.1) is 0 Å². The van der Waals surface area contributed by atoms with Crippen LogP contribution < -0.4 is 10.1 Å². The summed E-state index contributed by atoms with van der Waals surface area (Å²) in [6.45, 7) is 9.95. The fourth-order valence-corrected chi connectivity index (χ4v) is 2.98. The molecule has 1 N–H and O–H groups in total. The maximum atomic E-state index is 12.9. The van der Waals surface area contributed by atoms with Gasteiger partial charge in [0.05, 0.1) is 13.2 Å². The lowest BCUT2D eigenvalue weighted by atomic mass is 10.0. The molecule has 2 rings (SSSR count). The van der Waals surface area contributed by atoms with Gasteiger partial charge in [0, 0.05) is 25.7 Å².